The number of ether oxygens (including phenoxy) is 2. The first-order valence-corrected chi connectivity index (χ1v) is 10.7. The SMILES string of the molecule is CCOc1ccc([C@H](C[N+](=O)[O-])Sc2nnc(C)n2-c2ccc(F)cc2)cc1OCC. The zero-order valence-electron chi connectivity index (χ0n) is 17.4. The Hall–Kier alpha value is -3.14. The largest absolute Gasteiger partial charge is 0.490 e. The molecule has 0 unspecified atom stereocenters. The zero-order chi connectivity index (χ0) is 22.4. The number of hydrogen-bond acceptors (Lipinski definition) is 7. The van der Waals surface area contributed by atoms with E-state index >= 15 is 0 Å². The lowest BCUT2D eigenvalue weighted by atomic mass is 10.1. The van der Waals surface area contributed by atoms with Gasteiger partial charge in [0.2, 0.25) is 6.54 Å². The van der Waals surface area contributed by atoms with E-state index in [1.54, 1.807) is 41.8 Å². The van der Waals surface area contributed by atoms with Gasteiger partial charge in [0.05, 0.1) is 13.2 Å². The molecule has 0 N–H and O–H groups in total. The standard InChI is InChI=1S/C21H23FN4O4S/c1-4-29-18-11-6-15(12-19(18)30-5-2)20(13-25(27)28)31-21-24-23-14(3)26(21)17-9-7-16(22)8-10-17/h6-12,20H,4-5,13H2,1-3H3/t20-/m0/s1. The number of nitro groups is 1. The van der Waals surface area contributed by atoms with E-state index in [0.29, 0.717) is 46.9 Å². The van der Waals surface area contributed by atoms with Crippen molar-refractivity contribution in [3.63, 3.8) is 0 Å². The molecule has 0 fully saturated rings. The van der Waals surface area contributed by atoms with Crippen molar-refractivity contribution in [2.75, 3.05) is 19.8 Å². The van der Waals surface area contributed by atoms with E-state index in [9.17, 15) is 14.5 Å². The summed E-state index contributed by atoms with van der Waals surface area (Å²) in [7, 11) is 0. The predicted molar refractivity (Wildman–Crippen MR) is 115 cm³/mol. The van der Waals surface area contributed by atoms with Gasteiger partial charge in [0.25, 0.3) is 0 Å². The Kier molecular flexibility index (Phi) is 7.45. The molecule has 0 bridgehead atoms. The van der Waals surface area contributed by atoms with Gasteiger partial charge < -0.3 is 9.47 Å². The molecular weight excluding hydrogens is 423 g/mol. The van der Waals surface area contributed by atoms with Crippen molar-refractivity contribution in [3.05, 3.63) is 69.8 Å². The van der Waals surface area contributed by atoms with Crippen molar-refractivity contribution in [2.24, 2.45) is 0 Å². The van der Waals surface area contributed by atoms with Gasteiger partial charge in [0, 0.05) is 10.6 Å². The van der Waals surface area contributed by atoms with Crippen molar-refractivity contribution in [2.45, 2.75) is 31.2 Å². The molecule has 31 heavy (non-hydrogen) atoms. The third kappa shape index (κ3) is 5.52. The van der Waals surface area contributed by atoms with Crippen LogP contribution in [-0.2, 0) is 0 Å². The lowest BCUT2D eigenvalue weighted by molar-refractivity contribution is -0.479. The highest BCUT2D eigenvalue weighted by atomic mass is 32.2. The number of hydrogen-bond donors (Lipinski definition) is 0. The summed E-state index contributed by atoms with van der Waals surface area (Å²) in [5.74, 6) is 1.36. The molecule has 1 heterocycles. The Morgan fingerprint density at radius 1 is 1.10 bits per heavy atom. The highest BCUT2D eigenvalue weighted by Crippen LogP contribution is 2.39. The number of nitrogens with zero attached hydrogens (tertiary/aromatic N) is 4. The van der Waals surface area contributed by atoms with Crippen LogP contribution in [0.25, 0.3) is 5.69 Å². The number of halogens is 1. The Balaban J connectivity index is 1.97. The van der Waals surface area contributed by atoms with Gasteiger partial charge in [-0.1, -0.05) is 17.8 Å². The molecule has 1 atom stereocenters. The van der Waals surface area contributed by atoms with Crippen molar-refractivity contribution in [1.29, 1.82) is 0 Å². The molecule has 0 saturated heterocycles. The van der Waals surface area contributed by atoms with Gasteiger partial charge in [-0.2, -0.15) is 0 Å². The van der Waals surface area contributed by atoms with Gasteiger partial charge in [0.1, 0.15) is 16.9 Å². The van der Waals surface area contributed by atoms with E-state index in [2.05, 4.69) is 10.2 Å². The highest BCUT2D eigenvalue weighted by Gasteiger charge is 2.25. The average Bonchev–Trinajstić information content (AvgIpc) is 3.09. The fraction of sp³-hybridized carbons (Fsp3) is 0.333. The molecule has 3 aromatic rings. The molecule has 3 rings (SSSR count). The quantitative estimate of drug-likeness (QED) is 0.255. The van der Waals surface area contributed by atoms with Gasteiger partial charge >= 0.3 is 0 Å². The van der Waals surface area contributed by atoms with E-state index in [4.69, 9.17) is 9.47 Å². The average molecular weight is 447 g/mol. The summed E-state index contributed by atoms with van der Waals surface area (Å²) in [6.45, 7) is 6.10. The number of aryl methyl sites for hydroxylation is 1. The zero-order valence-corrected chi connectivity index (χ0v) is 18.3. The predicted octanol–water partition coefficient (Wildman–Crippen LogP) is 4.62. The molecule has 0 aliphatic carbocycles. The lowest BCUT2D eigenvalue weighted by Gasteiger charge is -2.17. The second-order valence-corrected chi connectivity index (χ2v) is 7.71. The van der Waals surface area contributed by atoms with Crippen LogP contribution in [0.1, 0.15) is 30.5 Å². The molecule has 8 nitrogen and oxygen atoms in total. The third-order valence-corrected chi connectivity index (χ3v) is 5.56. The topological polar surface area (TPSA) is 92.3 Å². The maximum Gasteiger partial charge on any atom is 0.220 e. The highest BCUT2D eigenvalue weighted by molar-refractivity contribution is 7.99. The maximum atomic E-state index is 13.3. The first kappa shape index (κ1) is 22.5. The maximum absolute atomic E-state index is 13.3. The van der Waals surface area contributed by atoms with Crippen LogP contribution in [0.5, 0.6) is 11.5 Å². The third-order valence-electron chi connectivity index (χ3n) is 4.38. The molecule has 1 aromatic heterocycles. The van der Waals surface area contributed by atoms with Crippen LogP contribution in [0.15, 0.2) is 47.6 Å². The van der Waals surface area contributed by atoms with E-state index in [-0.39, 0.29) is 17.3 Å². The van der Waals surface area contributed by atoms with Gasteiger partial charge in [0.15, 0.2) is 16.7 Å². The summed E-state index contributed by atoms with van der Waals surface area (Å²) >= 11 is 1.22. The molecule has 0 aliphatic heterocycles. The molecule has 0 saturated carbocycles. The van der Waals surface area contributed by atoms with Crippen LogP contribution in [0.4, 0.5) is 4.39 Å². The van der Waals surface area contributed by atoms with Crippen molar-refractivity contribution >= 4 is 11.8 Å². The number of thioether (sulfide) groups is 1. The summed E-state index contributed by atoms with van der Waals surface area (Å²) in [5, 5.41) is 19.6. The van der Waals surface area contributed by atoms with Crippen molar-refractivity contribution < 1.29 is 18.8 Å². The summed E-state index contributed by atoms with van der Waals surface area (Å²) in [5.41, 5.74) is 1.38. The molecule has 0 amide bonds. The van der Waals surface area contributed by atoms with Crippen LogP contribution in [0.2, 0.25) is 0 Å². The molecule has 164 valence electrons. The Morgan fingerprint density at radius 3 is 2.42 bits per heavy atom. The molecule has 2 aromatic carbocycles. The smallest absolute Gasteiger partial charge is 0.220 e. The minimum atomic E-state index is -0.548. The lowest BCUT2D eigenvalue weighted by Crippen LogP contribution is -2.11. The first-order valence-electron chi connectivity index (χ1n) is 9.78. The van der Waals surface area contributed by atoms with Crippen LogP contribution >= 0.6 is 11.8 Å². The second kappa shape index (κ2) is 10.3. The molecule has 10 heteroatoms. The molecular formula is C21H23FN4O4S. The van der Waals surface area contributed by atoms with E-state index in [1.165, 1.54) is 23.9 Å². The van der Waals surface area contributed by atoms with Gasteiger partial charge in [-0.25, -0.2) is 4.39 Å². The van der Waals surface area contributed by atoms with E-state index in [0.717, 1.165) is 0 Å². The first-order chi connectivity index (χ1) is 14.9. The Morgan fingerprint density at radius 2 is 1.77 bits per heavy atom. The van der Waals surface area contributed by atoms with Crippen LogP contribution < -0.4 is 9.47 Å². The van der Waals surface area contributed by atoms with E-state index < -0.39 is 5.25 Å². The number of aromatic nitrogens is 3. The molecule has 0 aliphatic rings. The van der Waals surface area contributed by atoms with Crippen molar-refractivity contribution in [3.8, 4) is 17.2 Å². The molecule has 0 radical (unpaired) electrons. The number of benzene rings is 2. The van der Waals surface area contributed by atoms with Gasteiger partial charge in [-0.05, 0) is 62.7 Å². The van der Waals surface area contributed by atoms with Gasteiger partial charge in [-0.15, -0.1) is 10.2 Å². The normalized spacial score (nSPS) is 11.9. The molecule has 0 spiro atoms. The van der Waals surface area contributed by atoms with Crippen LogP contribution in [-0.4, -0.2) is 39.4 Å². The fourth-order valence-corrected chi connectivity index (χ4v) is 4.21. The van der Waals surface area contributed by atoms with Crippen LogP contribution in [0.3, 0.4) is 0 Å². The Bertz CT molecular complexity index is 1040. The summed E-state index contributed by atoms with van der Waals surface area (Å²) in [4.78, 5) is 11.0. The van der Waals surface area contributed by atoms with Gasteiger partial charge in [-0.3, -0.25) is 14.7 Å². The monoisotopic (exact) mass is 446 g/mol. The van der Waals surface area contributed by atoms with E-state index in [1.807, 2.05) is 13.8 Å². The minimum Gasteiger partial charge on any atom is -0.490 e. The van der Waals surface area contributed by atoms with Crippen molar-refractivity contribution in [1.82, 2.24) is 14.8 Å². The number of rotatable bonds is 10. The fourth-order valence-electron chi connectivity index (χ4n) is 3.05. The Labute approximate surface area is 183 Å². The summed E-state index contributed by atoms with van der Waals surface area (Å²) < 4.78 is 26.4. The summed E-state index contributed by atoms with van der Waals surface area (Å²) in [6.07, 6.45) is 0. The second-order valence-electron chi connectivity index (χ2n) is 6.54. The minimum absolute atomic E-state index is 0.320. The summed E-state index contributed by atoms with van der Waals surface area (Å²) in [6, 6.07) is 11.2. The van der Waals surface area contributed by atoms with Crippen LogP contribution in [0, 0.1) is 22.9 Å².